The highest BCUT2D eigenvalue weighted by atomic mass is 15.3. The number of likely N-dealkylation sites (tertiary alicyclic amines) is 1. The summed E-state index contributed by atoms with van der Waals surface area (Å²) < 4.78 is 0. The van der Waals surface area contributed by atoms with E-state index in [1.165, 1.54) is 77.7 Å². The van der Waals surface area contributed by atoms with Crippen LogP contribution in [0.3, 0.4) is 0 Å². The van der Waals surface area contributed by atoms with Crippen LogP contribution in [0.4, 0.5) is 0 Å². The van der Waals surface area contributed by atoms with Gasteiger partial charge in [-0.2, -0.15) is 0 Å². The molecule has 1 atom stereocenters. The van der Waals surface area contributed by atoms with Crippen molar-refractivity contribution in [1.29, 1.82) is 0 Å². The number of nitrogens with one attached hydrogen (secondary N) is 1. The van der Waals surface area contributed by atoms with Crippen LogP contribution in [0.1, 0.15) is 44.9 Å². The van der Waals surface area contributed by atoms with Gasteiger partial charge < -0.3 is 5.32 Å². The van der Waals surface area contributed by atoms with E-state index in [2.05, 4.69) is 15.1 Å². The third kappa shape index (κ3) is 2.98. The van der Waals surface area contributed by atoms with Gasteiger partial charge in [0.15, 0.2) is 0 Å². The molecule has 2 saturated carbocycles. The Morgan fingerprint density at radius 1 is 0.895 bits per heavy atom. The number of rotatable bonds is 5. The molecule has 0 amide bonds. The highest BCUT2D eigenvalue weighted by Gasteiger charge is 2.41. The fraction of sp³-hybridized carbons (Fsp3) is 1.00. The van der Waals surface area contributed by atoms with E-state index in [1.807, 2.05) is 0 Å². The molecule has 0 spiro atoms. The molecule has 2 saturated heterocycles. The zero-order valence-corrected chi connectivity index (χ0v) is 12.2. The van der Waals surface area contributed by atoms with E-state index in [-0.39, 0.29) is 0 Å². The van der Waals surface area contributed by atoms with Crippen molar-refractivity contribution in [2.75, 3.05) is 32.7 Å². The Morgan fingerprint density at radius 2 is 1.68 bits per heavy atom. The Morgan fingerprint density at radius 3 is 2.37 bits per heavy atom. The molecular weight excluding hydrogens is 234 g/mol. The topological polar surface area (TPSA) is 18.5 Å². The van der Waals surface area contributed by atoms with Crippen molar-refractivity contribution in [3.05, 3.63) is 0 Å². The van der Waals surface area contributed by atoms with Crippen LogP contribution in [0.15, 0.2) is 0 Å². The quantitative estimate of drug-likeness (QED) is 0.814. The first-order chi connectivity index (χ1) is 9.40. The molecule has 108 valence electrons. The Labute approximate surface area is 117 Å². The average molecular weight is 263 g/mol. The van der Waals surface area contributed by atoms with Crippen LogP contribution in [-0.4, -0.2) is 60.6 Å². The van der Waals surface area contributed by atoms with Crippen molar-refractivity contribution in [3.8, 4) is 0 Å². The second-order valence-electron chi connectivity index (χ2n) is 7.29. The maximum atomic E-state index is 3.51. The second-order valence-corrected chi connectivity index (χ2v) is 7.29. The highest BCUT2D eigenvalue weighted by Crippen LogP contribution is 2.36. The van der Waals surface area contributed by atoms with Crippen molar-refractivity contribution in [3.63, 3.8) is 0 Å². The fourth-order valence-electron chi connectivity index (χ4n) is 4.18. The number of hydrogen-bond acceptors (Lipinski definition) is 3. The summed E-state index contributed by atoms with van der Waals surface area (Å²) in [6, 6.07) is 2.83. The molecule has 3 nitrogen and oxygen atoms in total. The summed E-state index contributed by atoms with van der Waals surface area (Å²) in [7, 11) is 0. The average Bonchev–Trinajstić information content (AvgIpc) is 3.36. The fourth-order valence-corrected chi connectivity index (χ4v) is 4.18. The predicted octanol–water partition coefficient (Wildman–Crippen LogP) is 1.69. The molecule has 2 heterocycles. The largest absolute Gasteiger partial charge is 0.317 e. The lowest BCUT2D eigenvalue weighted by Gasteiger charge is -2.34. The van der Waals surface area contributed by atoms with Crippen molar-refractivity contribution in [2.45, 2.75) is 63.1 Å². The monoisotopic (exact) mass is 263 g/mol. The van der Waals surface area contributed by atoms with Gasteiger partial charge in [0.25, 0.3) is 0 Å². The maximum Gasteiger partial charge on any atom is 0.0238 e. The molecule has 4 aliphatic rings. The van der Waals surface area contributed by atoms with Crippen molar-refractivity contribution in [2.24, 2.45) is 5.92 Å². The standard InChI is InChI=1S/C16H29N3/c1-2-14(1)18-10-7-16(12-18)19(15-3-4-15)11-13-5-8-17-9-6-13/h13-17H,1-12H2. The zero-order chi connectivity index (χ0) is 12.7. The van der Waals surface area contributed by atoms with Gasteiger partial charge in [0.05, 0.1) is 0 Å². The van der Waals surface area contributed by atoms with Crippen LogP contribution < -0.4 is 5.32 Å². The number of piperidine rings is 1. The molecule has 3 heteroatoms. The molecule has 2 aliphatic carbocycles. The zero-order valence-electron chi connectivity index (χ0n) is 12.2. The molecule has 1 N–H and O–H groups in total. The van der Waals surface area contributed by atoms with E-state index in [0.29, 0.717) is 0 Å². The third-order valence-corrected chi connectivity index (χ3v) is 5.67. The Kier molecular flexibility index (Phi) is 3.55. The smallest absolute Gasteiger partial charge is 0.0238 e. The van der Waals surface area contributed by atoms with Gasteiger partial charge >= 0.3 is 0 Å². The van der Waals surface area contributed by atoms with Crippen LogP contribution in [0.2, 0.25) is 0 Å². The van der Waals surface area contributed by atoms with Crippen molar-refractivity contribution >= 4 is 0 Å². The van der Waals surface area contributed by atoms with Gasteiger partial charge in [-0.3, -0.25) is 9.80 Å². The second kappa shape index (κ2) is 5.34. The van der Waals surface area contributed by atoms with E-state index < -0.39 is 0 Å². The number of nitrogens with zero attached hydrogens (tertiary/aromatic N) is 2. The van der Waals surface area contributed by atoms with Crippen LogP contribution in [0, 0.1) is 5.92 Å². The summed E-state index contributed by atoms with van der Waals surface area (Å²) in [5.74, 6) is 0.969. The first kappa shape index (κ1) is 12.6. The van der Waals surface area contributed by atoms with Crippen LogP contribution in [0.5, 0.6) is 0 Å². The molecule has 0 aromatic heterocycles. The highest BCUT2D eigenvalue weighted by molar-refractivity contribution is 4.97. The lowest BCUT2D eigenvalue weighted by atomic mass is 9.96. The maximum absolute atomic E-state index is 3.51. The summed E-state index contributed by atoms with van der Waals surface area (Å²) in [5, 5.41) is 3.51. The van der Waals surface area contributed by atoms with Gasteiger partial charge in [0.1, 0.15) is 0 Å². The SMILES string of the molecule is C1CC(CN(C2CC2)C2CCN(C3CC3)C2)CCN1. The minimum absolute atomic E-state index is 0.892. The van der Waals surface area contributed by atoms with Crippen LogP contribution in [-0.2, 0) is 0 Å². The van der Waals surface area contributed by atoms with E-state index in [1.54, 1.807) is 0 Å². The van der Waals surface area contributed by atoms with E-state index in [4.69, 9.17) is 0 Å². The summed E-state index contributed by atoms with van der Waals surface area (Å²) in [5.41, 5.74) is 0. The first-order valence-electron chi connectivity index (χ1n) is 8.60. The summed E-state index contributed by atoms with van der Waals surface area (Å²) >= 11 is 0. The molecule has 0 bridgehead atoms. The van der Waals surface area contributed by atoms with Gasteiger partial charge in [-0.05, 0) is 64.0 Å². The summed E-state index contributed by atoms with van der Waals surface area (Å²) in [6.07, 6.45) is 10.2. The minimum atomic E-state index is 0.892. The Balaban J connectivity index is 1.34. The molecule has 2 aliphatic heterocycles. The minimum Gasteiger partial charge on any atom is -0.317 e. The van der Waals surface area contributed by atoms with Gasteiger partial charge in [0, 0.05) is 37.8 Å². The lowest BCUT2D eigenvalue weighted by molar-refractivity contribution is 0.141. The van der Waals surface area contributed by atoms with E-state index in [0.717, 1.165) is 24.0 Å². The molecule has 4 fully saturated rings. The van der Waals surface area contributed by atoms with Gasteiger partial charge in [-0.15, -0.1) is 0 Å². The third-order valence-electron chi connectivity index (χ3n) is 5.67. The molecule has 4 rings (SSSR count). The van der Waals surface area contributed by atoms with Gasteiger partial charge in [-0.1, -0.05) is 0 Å². The molecular formula is C16H29N3. The summed E-state index contributed by atoms with van der Waals surface area (Å²) in [4.78, 5) is 5.71. The van der Waals surface area contributed by atoms with Gasteiger partial charge in [-0.25, -0.2) is 0 Å². The van der Waals surface area contributed by atoms with Gasteiger partial charge in [0.2, 0.25) is 0 Å². The first-order valence-corrected chi connectivity index (χ1v) is 8.60. The van der Waals surface area contributed by atoms with Crippen LogP contribution >= 0.6 is 0 Å². The number of hydrogen-bond donors (Lipinski definition) is 1. The lowest BCUT2D eigenvalue weighted by Crippen LogP contribution is -2.44. The predicted molar refractivity (Wildman–Crippen MR) is 78.3 cm³/mol. The van der Waals surface area contributed by atoms with Crippen molar-refractivity contribution < 1.29 is 0 Å². The van der Waals surface area contributed by atoms with Crippen LogP contribution in [0.25, 0.3) is 0 Å². The van der Waals surface area contributed by atoms with E-state index >= 15 is 0 Å². The molecule has 0 aromatic carbocycles. The molecule has 0 aromatic rings. The van der Waals surface area contributed by atoms with E-state index in [9.17, 15) is 0 Å². The molecule has 19 heavy (non-hydrogen) atoms. The summed E-state index contributed by atoms with van der Waals surface area (Å²) in [6.45, 7) is 6.66. The van der Waals surface area contributed by atoms with Crippen molar-refractivity contribution in [1.82, 2.24) is 15.1 Å². The molecule has 0 radical (unpaired) electrons. The molecule has 1 unspecified atom stereocenters. The Bertz CT molecular complexity index is 305. The normalized spacial score (nSPS) is 34.3. The Hall–Kier alpha value is -0.120.